The van der Waals surface area contributed by atoms with Crippen LogP contribution in [0.3, 0.4) is 0 Å². The van der Waals surface area contributed by atoms with E-state index in [0.717, 1.165) is 5.82 Å². The third-order valence-corrected chi connectivity index (χ3v) is 4.54. The van der Waals surface area contributed by atoms with Gasteiger partial charge in [0.2, 0.25) is 5.88 Å². The van der Waals surface area contributed by atoms with Crippen LogP contribution in [0.15, 0.2) is 67.0 Å². The lowest BCUT2D eigenvalue weighted by atomic mass is 10.2. The molecule has 0 unspecified atom stereocenters. The maximum absolute atomic E-state index is 12.5. The molecule has 8 heteroatoms. The Labute approximate surface area is 179 Å². The highest BCUT2D eigenvalue weighted by Gasteiger charge is 2.10. The van der Waals surface area contributed by atoms with Crippen molar-refractivity contribution in [1.29, 1.82) is 0 Å². The molecular weight excluding hydrogens is 394 g/mol. The Hall–Kier alpha value is -4.20. The van der Waals surface area contributed by atoms with Gasteiger partial charge in [-0.25, -0.2) is 9.97 Å². The topological polar surface area (TPSA) is 91.2 Å². The van der Waals surface area contributed by atoms with E-state index in [9.17, 15) is 4.79 Å². The molecule has 31 heavy (non-hydrogen) atoms. The van der Waals surface area contributed by atoms with Crippen molar-refractivity contribution in [3.63, 3.8) is 0 Å². The van der Waals surface area contributed by atoms with Crippen LogP contribution in [-0.2, 0) is 0 Å². The quantitative estimate of drug-likeness (QED) is 0.504. The summed E-state index contributed by atoms with van der Waals surface area (Å²) < 4.78 is 12.9. The van der Waals surface area contributed by atoms with Crippen LogP contribution in [0.1, 0.15) is 22.0 Å². The average molecular weight is 415 g/mol. The second-order valence-electron chi connectivity index (χ2n) is 6.77. The number of amides is 1. The van der Waals surface area contributed by atoms with Gasteiger partial charge >= 0.3 is 0 Å². The number of carbonyl (C=O) groups is 1. The van der Waals surface area contributed by atoms with Crippen molar-refractivity contribution < 1.29 is 14.3 Å². The van der Waals surface area contributed by atoms with Gasteiger partial charge < -0.3 is 14.8 Å². The van der Waals surface area contributed by atoms with Gasteiger partial charge in [0.05, 0.1) is 7.11 Å². The number of rotatable bonds is 6. The maximum atomic E-state index is 12.5. The molecule has 4 rings (SSSR count). The van der Waals surface area contributed by atoms with Crippen molar-refractivity contribution in [2.75, 3.05) is 12.4 Å². The van der Waals surface area contributed by atoms with E-state index in [0.29, 0.717) is 40.3 Å². The van der Waals surface area contributed by atoms with Gasteiger partial charge in [0.15, 0.2) is 0 Å². The van der Waals surface area contributed by atoms with Gasteiger partial charge in [-0.05, 0) is 56.3 Å². The van der Waals surface area contributed by atoms with Gasteiger partial charge in [-0.3, -0.25) is 9.36 Å². The van der Waals surface area contributed by atoms with Gasteiger partial charge in [-0.2, -0.15) is 4.98 Å². The molecule has 0 aliphatic carbocycles. The van der Waals surface area contributed by atoms with E-state index in [1.165, 1.54) is 0 Å². The van der Waals surface area contributed by atoms with E-state index in [2.05, 4.69) is 20.3 Å². The highest BCUT2D eigenvalue weighted by Crippen LogP contribution is 2.24. The zero-order valence-electron chi connectivity index (χ0n) is 17.4. The van der Waals surface area contributed by atoms with Crippen molar-refractivity contribution in [1.82, 2.24) is 19.5 Å². The fourth-order valence-corrected chi connectivity index (χ4v) is 3.02. The van der Waals surface area contributed by atoms with Crippen molar-refractivity contribution >= 4 is 11.6 Å². The number of methoxy groups -OCH3 is 1. The molecule has 2 aromatic carbocycles. The normalized spacial score (nSPS) is 10.5. The van der Waals surface area contributed by atoms with Gasteiger partial charge in [0, 0.05) is 29.7 Å². The first kappa shape index (κ1) is 20.1. The smallest absolute Gasteiger partial charge is 0.255 e. The Morgan fingerprint density at radius 1 is 1.00 bits per heavy atom. The number of imidazole rings is 1. The molecule has 2 heterocycles. The van der Waals surface area contributed by atoms with Crippen molar-refractivity contribution in [2.45, 2.75) is 13.8 Å². The Morgan fingerprint density at radius 3 is 2.52 bits per heavy atom. The summed E-state index contributed by atoms with van der Waals surface area (Å²) in [5.74, 6) is 3.50. The summed E-state index contributed by atoms with van der Waals surface area (Å²) in [6, 6.07) is 15.8. The lowest BCUT2D eigenvalue weighted by Gasteiger charge is -2.10. The number of nitrogens with zero attached hydrogens (tertiary/aromatic N) is 4. The molecule has 0 radical (unpaired) electrons. The average Bonchev–Trinajstić information content (AvgIpc) is 3.20. The Balaban J connectivity index is 1.47. The third-order valence-electron chi connectivity index (χ3n) is 4.54. The number of aryl methyl sites for hydroxylation is 2. The number of aromatic nitrogens is 4. The van der Waals surface area contributed by atoms with Crippen LogP contribution < -0.4 is 14.8 Å². The number of hydrogen-bond acceptors (Lipinski definition) is 6. The number of nitrogens with one attached hydrogen (secondary N) is 1. The van der Waals surface area contributed by atoms with Crippen LogP contribution in [0.25, 0.3) is 5.82 Å². The highest BCUT2D eigenvalue weighted by atomic mass is 16.5. The molecule has 0 aliphatic rings. The Morgan fingerprint density at radius 2 is 1.81 bits per heavy atom. The van der Waals surface area contributed by atoms with Gasteiger partial charge in [-0.15, -0.1) is 0 Å². The number of carbonyl (C=O) groups excluding carboxylic acids is 1. The van der Waals surface area contributed by atoms with Crippen LogP contribution >= 0.6 is 0 Å². The molecule has 156 valence electrons. The summed E-state index contributed by atoms with van der Waals surface area (Å²) in [4.78, 5) is 25.5. The predicted molar refractivity (Wildman–Crippen MR) is 116 cm³/mol. The van der Waals surface area contributed by atoms with Crippen LogP contribution in [0.4, 0.5) is 5.69 Å². The minimum atomic E-state index is -0.223. The summed E-state index contributed by atoms with van der Waals surface area (Å²) in [5, 5.41) is 2.86. The van der Waals surface area contributed by atoms with E-state index < -0.39 is 0 Å². The van der Waals surface area contributed by atoms with Gasteiger partial charge in [0.25, 0.3) is 5.91 Å². The van der Waals surface area contributed by atoms with E-state index in [1.54, 1.807) is 74.8 Å². The van der Waals surface area contributed by atoms with E-state index in [-0.39, 0.29) is 5.91 Å². The lowest BCUT2D eigenvalue weighted by Crippen LogP contribution is -2.11. The molecule has 4 aromatic rings. The molecular formula is C23H21N5O3. The zero-order chi connectivity index (χ0) is 21.8. The standard InChI is InChI=1S/C23H21N5O3/c1-15-25-21(28-12-11-24-16(28)2)14-22(26-15)31-19-9-7-18(8-10-19)27-23(29)17-5-4-6-20(13-17)30-3/h4-14H,1-3H3,(H,27,29). The fourth-order valence-electron chi connectivity index (χ4n) is 3.02. The summed E-state index contributed by atoms with van der Waals surface area (Å²) >= 11 is 0. The molecule has 0 aliphatic heterocycles. The summed E-state index contributed by atoms with van der Waals surface area (Å²) in [6.07, 6.45) is 3.55. The second kappa shape index (κ2) is 8.66. The zero-order valence-corrected chi connectivity index (χ0v) is 17.4. The monoisotopic (exact) mass is 415 g/mol. The molecule has 0 spiro atoms. The van der Waals surface area contributed by atoms with Crippen LogP contribution in [0.2, 0.25) is 0 Å². The minimum Gasteiger partial charge on any atom is -0.497 e. The molecule has 1 N–H and O–H groups in total. The molecule has 2 aromatic heterocycles. The molecule has 0 bridgehead atoms. The highest BCUT2D eigenvalue weighted by molar-refractivity contribution is 6.04. The minimum absolute atomic E-state index is 0.223. The number of anilines is 1. The summed E-state index contributed by atoms with van der Waals surface area (Å²) in [7, 11) is 1.56. The van der Waals surface area contributed by atoms with E-state index >= 15 is 0 Å². The molecule has 0 saturated heterocycles. The number of hydrogen-bond donors (Lipinski definition) is 1. The third kappa shape index (κ3) is 4.69. The Bertz CT molecular complexity index is 1220. The summed E-state index contributed by atoms with van der Waals surface area (Å²) in [5.41, 5.74) is 1.16. The van der Waals surface area contributed by atoms with Crippen LogP contribution in [-0.4, -0.2) is 32.5 Å². The first-order chi connectivity index (χ1) is 15.0. The second-order valence-corrected chi connectivity index (χ2v) is 6.77. The van der Waals surface area contributed by atoms with E-state index in [4.69, 9.17) is 9.47 Å². The van der Waals surface area contributed by atoms with Gasteiger partial charge in [-0.1, -0.05) is 6.07 Å². The molecule has 1 amide bonds. The summed E-state index contributed by atoms with van der Waals surface area (Å²) in [6.45, 7) is 3.70. The number of ether oxygens (including phenoxy) is 2. The molecule has 0 saturated carbocycles. The van der Waals surface area contributed by atoms with Crippen molar-refractivity contribution in [2.24, 2.45) is 0 Å². The van der Waals surface area contributed by atoms with Crippen LogP contribution in [0, 0.1) is 13.8 Å². The van der Waals surface area contributed by atoms with E-state index in [1.807, 2.05) is 17.7 Å². The Kier molecular flexibility index (Phi) is 5.61. The maximum Gasteiger partial charge on any atom is 0.255 e. The fraction of sp³-hybridized carbons (Fsp3) is 0.130. The lowest BCUT2D eigenvalue weighted by molar-refractivity contribution is 0.102. The molecule has 0 atom stereocenters. The van der Waals surface area contributed by atoms with Crippen molar-refractivity contribution in [3.05, 3.63) is 84.2 Å². The van der Waals surface area contributed by atoms with Gasteiger partial charge in [0.1, 0.15) is 29.0 Å². The van der Waals surface area contributed by atoms with Crippen LogP contribution in [0.5, 0.6) is 17.4 Å². The van der Waals surface area contributed by atoms with Crippen molar-refractivity contribution in [3.8, 4) is 23.2 Å². The molecule has 8 nitrogen and oxygen atoms in total. The largest absolute Gasteiger partial charge is 0.497 e. The predicted octanol–water partition coefficient (Wildman–Crippen LogP) is 4.33. The SMILES string of the molecule is COc1cccc(C(=O)Nc2ccc(Oc3cc(-n4ccnc4C)nc(C)n3)cc2)c1. The first-order valence-corrected chi connectivity index (χ1v) is 9.61. The number of benzene rings is 2. The molecule has 0 fully saturated rings. The first-order valence-electron chi connectivity index (χ1n) is 9.61.